The van der Waals surface area contributed by atoms with Crippen molar-refractivity contribution in [3.8, 4) is 0 Å². The molecule has 1 aliphatic rings. The number of benzene rings is 1. The second-order valence-electron chi connectivity index (χ2n) is 4.48. The summed E-state index contributed by atoms with van der Waals surface area (Å²) in [6.07, 6.45) is 3.13. The molecule has 1 amide bonds. The van der Waals surface area contributed by atoms with Gasteiger partial charge in [-0.1, -0.05) is 11.6 Å². The molecule has 1 aliphatic heterocycles. The molecule has 2 N–H and O–H groups in total. The van der Waals surface area contributed by atoms with E-state index < -0.39 is 0 Å². The fraction of sp³-hybridized carbons (Fsp3) is 0.462. The third-order valence-electron chi connectivity index (χ3n) is 3.09. The van der Waals surface area contributed by atoms with E-state index in [1.54, 1.807) is 18.2 Å². The molecule has 1 aromatic carbocycles. The van der Waals surface area contributed by atoms with E-state index >= 15 is 0 Å². The Bertz CT molecular complexity index is 431. The van der Waals surface area contributed by atoms with Crippen molar-refractivity contribution in [3.05, 3.63) is 33.3 Å². The van der Waals surface area contributed by atoms with E-state index in [2.05, 4.69) is 26.6 Å². The Balaban J connectivity index is 1.99. The number of rotatable bonds is 2. The van der Waals surface area contributed by atoms with Gasteiger partial charge in [0.2, 0.25) is 0 Å². The molecule has 98 valence electrons. The van der Waals surface area contributed by atoms with Crippen molar-refractivity contribution in [2.45, 2.75) is 25.3 Å². The van der Waals surface area contributed by atoms with Crippen LogP contribution in [0, 0.1) is 0 Å². The zero-order chi connectivity index (χ0) is 13.0. The number of carbonyl (C=O) groups excluding carboxylic acids is 1. The van der Waals surface area contributed by atoms with E-state index in [0.717, 1.165) is 36.8 Å². The van der Waals surface area contributed by atoms with Crippen LogP contribution in [-0.2, 0) is 0 Å². The van der Waals surface area contributed by atoms with Crippen LogP contribution in [0.1, 0.15) is 29.6 Å². The van der Waals surface area contributed by atoms with Crippen molar-refractivity contribution >= 4 is 33.4 Å². The molecule has 0 spiro atoms. The van der Waals surface area contributed by atoms with Crippen LogP contribution in [-0.4, -0.2) is 25.0 Å². The van der Waals surface area contributed by atoms with Gasteiger partial charge in [-0.05, 0) is 66.5 Å². The topological polar surface area (TPSA) is 41.1 Å². The molecule has 0 aliphatic carbocycles. The number of halogens is 2. The first-order valence-electron chi connectivity index (χ1n) is 6.13. The van der Waals surface area contributed by atoms with Crippen molar-refractivity contribution in [3.63, 3.8) is 0 Å². The summed E-state index contributed by atoms with van der Waals surface area (Å²) in [7, 11) is 0. The average molecular weight is 332 g/mol. The maximum absolute atomic E-state index is 12.1. The minimum absolute atomic E-state index is 0.0285. The molecule has 0 radical (unpaired) electrons. The van der Waals surface area contributed by atoms with Gasteiger partial charge in [-0.25, -0.2) is 0 Å². The van der Waals surface area contributed by atoms with Crippen molar-refractivity contribution in [2.75, 3.05) is 13.1 Å². The third kappa shape index (κ3) is 3.70. The lowest BCUT2D eigenvalue weighted by atomic mass is 10.1. The standard InChI is InChI=1S/C13H16BrClN2O/c14-11-8-9(3-4-12(11)15)13(18)17-10-2-1-6-16-7-5-10/h3-4,8,10,16H,1-2,5-7H2,(H,17,18). The second kappa shape index (κ2) is 6.55. The maximum atomic E-state index is 12.1. The number of hydrogen-bond donors (Lipinski definition) is 2. The maximum Gasteiger partial charge on any atom is 0.251 e. The highest BCUT2D eigenvalue weighted by atomic mass is 79.9. The molecule has 1 unspecified atom stereocenters. The molecule has 0 saturated carbocycles. The van der Waals surface area contributed by atoms with Crippen LogP contribution < -0.4 is 10.6 Å². The first-order valence-corrected chi connectivity index (χ1v) is 7.30. The molecule has 3 nitrogen and oxygen atoms in total. The first-order chi connectivity index (χ1) is 8.66. The summed E-state index contributed by atoms with van der Waals surface area (Å²) in [5.41, 5.74) is 0.642. The van der Waals surface area contributed by atoms with Gasteiger partial charge < -0.3 is 10.6 Å². The summed E-state index contributed by atoms with van der Waals surface area (Å²) in [5, 5.41) is 7.03. The van der Waals surface area contributed by atoms with Gasteiger partial charge in [0.05, 0.1) is 5.02 Å². The van der Waals surface area contributed by atoms with Gasteiger partial charge in [0, 0.05) is 16.1 Å². The Kier molecular flexibility index (Phi) is 5.03. The van der Waals surface area contributed by atoms with Crippen LogP contribution in [0.4, 0.5) is 0 Å². The molecule has 5 heteroatoms. The number of amides is 1. The van der Waals surface area contributed by atoms with Gasteiger partial charge in [0.25, 0.3) is 5.91 Å². The Labute approximate surface area is 120 Å². The fourth-order valence-electron chi connectivity index (χ4n) is 2.07. The van der Waals surface area contributed by atoms with Crippen molar-refractivity contribution in [1.82, 2.24) is 10.6 Å². The molecule has 0 aromatic heterocycles. The zero-order valence-electron chi connectivity index (χ0n) is 10.0. The number of hydrogen-bond acceptors (Lipinski definition) is 2. The van der Waals surface area contributed by atoms with Crippen LogP contribution in [0.2, 0.25) is 5.02 Å². The lowest BCUT2D eigenvalue weighted by molar-refractivity contribution is 0.0934. The quantitative estimate of drug-likeness (QED) is 0.875. The van der Waals surface area contributed by atoms with E-state index in [1.807, 2.05) is 0 Å². The highest BCUT2D eigenvalue weighted by Gasteiger charge is 2.15. The smallest absolute Gasteiger partial charge is 0.251 e. The van der Waals surface area contributed by atoms with E-state index in [0.29, 0.717) is 10.6 Å². The lowest BCUT2D eigenvalue weighted by Gasteiger charge is -2.16. The van der Waals surface area contributed by atoms with Crippen molar-refractivity contribution < 1.29 is 4.79 Å². The molecule has 1 atom stereocenters. The van der Waals surface area contributed by atoms with Crippen molar-refractivity contribution in [2.24, 2.45) is 0 Å². The van der Waals surface area contributed by atoms with Gasteiger partial charge in [0.15, 0.2) is 0 Å². The van der Waals surface area contributed by atoms with E-state index in [-0.39, 0.29) is 11.9 Å². The van der Waals surface area contributed by atoms with Gasteiger partial charge in [0.1, 0.15) is 0 Å². The molecule has 2 rings (SSSR count). The van der Waals surface area contributed by atoms with Crippen LogP contribution in [0.5, 0.6) is 0 Å². The molecular formula is C13H16BrClN2O. The molecule has 1 fully saturated rings. The predicted molar refractivity (Wildman–Crippen MR) is 77.1 cm³/mol. The Morgan fingerprint density at radius 1 is 1.39 bits per heavy atom. The summed E-state index contributed by atoms with van der Waals surface area (Å²) in [4.78, 5) is 12.1. The minimum Gasteiger partial charge on any atom is -0.349 e. The van der Waals surface area contributed by atoms with Gasteiger partial charge in [-0.3, -0.25) is 4.79 Å². The van der Waals surface area contributed by atoms with Crippen LogP contribution >= 0.6 is 27.5 Å². The van der Waals surface area contributed by atoms with Gasteiger partial charge in [-0.15, -0.1) is 0 Å². The highest BCUT2D eigenvalue weighted by molar-refractivity contribution is 9.10. The molecule has 0 bridgehead atoms. The van der Waals surface area contributed by atoms with Crippen LogP contribution in [0.25, 0.3) is 0 Å². The predicted octanol–water partition coefficient (Wildman–Crippen LogP) is 2.97. The third-order valence-corrected chi connectivity index (χ3v) is 4.31. The summed E-state index contributed by atoms with van der Waals surface area (Å²) >= 11 is 9.24. The van der Waals surface area contributed by atoms with E-state index in [1.165, 1.54) is 0 Å². The molecule has 1 aromatic rings. The monoisotopic (exact) mass is 330 g/mol. The highest BCUT2D eigenvalue weighted by Crippen LogP contribution is 2.23. The molecule has 18 heavy (non-hydrogen) atoms. The van der Waals surface area contributed by atoms with Crippen molar-refractivity contribution in [1.29, 1.82) is 0 Å². The fourth-order valence-corrected chi connectivity index (χ4v) is 2.57. The van der Waals surface area contributed by atoms with E-state index in [9.17, 15) is 4.79 Å². The molecule has 1 heterocycles. The largest absolute Gasteiger partial charge is 0.349 e. The first kappa shape index (κ1) is 13.8. The van der Waals surface area contributed by atoms with Gasteiger partial charge >= 0.3 is 0 Å². The lowest BCUT2D eigenvalue weighted by Crippen LogP contribution is -2.35. The Hall–Kier alpha value is -0.580. The summed E-state index contributed by atoms with van der Waals surface area (Å²) < 4.78 is 0.749. The zero-order valence-corrected chi connectivity index (χ0v) is 12.4. The summed E-state index contributed by atoms with van der Waals surface area (Å²) in [6.45, 7) is 2.01. The minimum atomic E-state index is -0.0285. The summed E-state index contributed by atoms with van der Waals surface area (Å²) in [5.74, 6) is -0.0285. The SMILES string of the molecule is O=C(NC1CCCNCC1)c1ccc(Cl)c(Br)c1. The number of carbonyl (C=O) groups is 1. The Morgan fingerprint density at radius 3 is 3.00 bits per heavy atom. The summed E-state index contributed by atoms with van der Waals surface area (Å²) in [6, 6.07) is 5.50. The van der Waals surface area contributed by atoms with Crippen LogP contribution in [0.15, 0.2) is 22.7 Å². The van der Waals surface area contributed by atoms with Crippen LogP contribution in [0.3, 0.4) is 0 Å². The molecule has 1 saturated heterocycles. The molecular weight excluding hydrogens is 316 g/mol. The normalized spacial score (nSPS) is 20.2. The van der Waals surface area contributed by atoms with Gasteiger partial charge in [-0.2, -0.15) is 0 Å². The number of nitrogens with one attached hydrogen (secondary N) is 2. The van der Waals surface area contributed by atoms with E-state index in [4.69, 9.17) is 11.6 Å². The second-order valence-corrected chi connectivity index (χ2v) is 5.74. The Morgan fingerprint density at radius 2 is 2.22 bits per heavy atom. The average Bonchev–Trinajstić information content (AvgIpc) is 2.61.